The molecule has 0 atom stereocenters. The zero-order valence-electron chi connectivity index (χ0n) is 20.4. The lowest BCUT2D eigenvalue weighted by Gasteiger charge is -2.24. The van der Waals surface area contributed by atoms with Crippen molar-refractivity contribution in [1.82, 2.24) is 5.32 Å². The number of benzene rings is 3. The fourth-order valence-electron chi connectivity index (χ4n) is 3.43. The first-order valence-corrected chi connectivity index (χ1v) is 13.4. The quantitative estimate of drug-likeness (QED) is 0.342. The van der Waals surface area contributed by atoms with Crippen molar-refractivity contribution in [2.24, 2.45) is 0 Å². The standard InChI is InChI=1S/C26H26ClF3N2O4S/c1-17-4-10-22(14-18(17)2)36-13-12-31-25(33)20-7-5-19(6-8-20)16-32(37(3,34)35)24-15-21(26(28,29)30)9-11-23(24)27/h4-11,14-15H,12-13,16H2,1-3H3,(H,31,33). The lowest BCUT2D eigenvalue weighted by molar-refractivity contribution is -0.137. The summed E-state index contributed by atoms with van der Waals surface area (Å²) in [5.41, 5.74) is 1.73. The third-order valence-electron chi connectivity index (χ3n) is 5.62. The van der Waals surface area contributed by atoms with Crippen molar-refractivity contribution in [3.05, 3.63) is 93.5 Å². The Hall–Kier alpha value is -3.24. The van der Waals surface area contributed by atoms with E-state index in [4.69, 9.17) is 16.3 Å². The Morgan fingerprint density at radius 1 is 1.00 bits per heavy atom. The number of nitrogens with one attached hydrogen (secondary N) is 1. The van der Waals surface area contributed by atoms with E-state index in [9.17, 15) is 26.4 Å². The summed E-state index contributed by atoms with van der Waals surface area (Å²) < 4.78 is 70.8. The molecule has 0 heterocycles. The van der Waals surface area contributed by atoms with E-state index >= 15 is 0 Å². The van der Waals surface area contributed by atoms with Crippen LogP contribution >= 0.6 is 11.6 Å². The third kappa shape index (κ3) is 7.62. The molecule has 0 aliphatic rings. The molecule has 37 heavy (non-hydrogen) atoms. The van der Waals surface area contributed by atoms with Crippen LogP contribution in [0, 0.1) is 13.8 Å². The Morgan fingerprint density at radius 3 is 2.27 bits per heavy atom. The van der Waals surface area contributed by atoms with Gasteiger partial charge in [0.05, 0.1) is 35.6 Å². The molecule has 1 amide bonds. The Bertz CT molecular complexity index is 1380. The Labute approximate surface area is 219 Å². The number of hydrogen-bond acceptors (Lipinski definition) is 4. The van der Waals surface area contributed by atoms with Gasteiger partial charge >= 0.3 is 6.18 Å². The van der Waals surface area contributed by atoms with Crippen LogP contribution in [0.15, 0.2) is 60.7 Å². The number of halogens is 4. The largest absolute Gasteiger partial charge is 0.492 e. The molecule has 0 spiro atoms. The number of nitrogens with zero attached hydrogens (tertiary/aromatic N) is 1. The van der Waals surface area contributed by atoms with E-state index in [2.05, 4.69) is 5.32 Å². The number of amides is 1. The minimum atomic E-state index is -4.67. The van der Waals surface area contributed by atoms with Crippen LogP contribution in [0.5, 0.6) is 5.75 Å². The summed E-state index contributed by atoms with van der Waals surface area (Å²) in [5.74, 6) is 0.356. The molecule has 3 rings (SSSR count). The third-order valence-corrected chi connectivity index (χ3v) is 7.07. The highest BCUT2D eigenvalue weighted by Gasteiger charge is 2.32. The maximum absolute atomic E-state index is 13.2. The Balaban J connectivity index is 1.65. The van der Waals surface area contributed by atoms with Crippen LogP contribution in [-0.4, -0.2) is 33.7 Å². The molecule has 0 bridgehead atoms. The molecule has 0 radical (unpaired) electrons. The number of aryl methyl sites for hydroxylation is 2. The minimum Gasteiger partial charge on any atom is -0.492 e. The van der Waals surface area contributed by atoms with Gasteiger partial charge < -0.3 is 10.1 Å². The number of alkyl halides is 3. The van der Waals surface area contributed by atoms with Crippen molar-refractivity contribution in [2.75, 3.05) is 23.7 Å². The molecule has 3 aromatic carbocycles. The molecule has 0 aromatic heterocycles. The summed E-state index contributed by atoms with van der Waals surface area (Å²) in [6.07, 6.45) is -3.78. The van der Waals surface area contributed by atoms with Gasteiger partial charge in [-0.2, -0.15) is 13.2 Å². The topological polar surface area (TPSA) is 75.7 Å². The maximum atomic E-state index is 13.2. The van der Waals surface area contributed by atoms with Crippen LogP contribution in [0.3, 0.4) is 0 Å². The number of rotatable bonds is 9. The van der Waals surface area contributed by atoms with E-state index in [-0.39, 0.29) is 36.3 Å². The first-order valence-electron chi connectivity index (χ1n) is 11.2. The molecule has 3 aromatic rings. The monoisotopic (exact) mass is 554 g/mol. The Kier molecular flexibility index (Phi) is 8.76. The number of hydrogen-bond donors (Lipinski definition) is 1. The number of carbonyl (C=O) groups is 1. The van der Waals surface area contributed by atoms with E-state index in [0.717, 1.165) is 33.8 Å². The highest BCUT2D eigenvalue weighted by molar-refractivity contribution is 7.92. The highest BCUT2D eigenvalue weighted by Crippen LogP contribution is 2.36. The molecular formula is C26H26ClF3N2O4S. The van der Waals surface area contributed by atoms with Gasteiger partial charge in [0.15, 0.2) is 0 Å². The average molecular weight is 555 g/mol. The number of ether oxygens (including phenoxy) is 1. The molecule has 0 fully saturated rings. The van der Waals surface area contributed by atoms with Gasteiger partial charge in [-0.05, 0) is 73.0 Å². The van der Waals surface area contributed by atoms with Gasteiger partial charge in [0.1, 0.15) is 12.4 Å². The molecular weight excluding hydrogens is 529 g/mol. The van der Waals surface area contributed by atoms with Crippen molar-refractivity contribution >= 4 is 33.2 Å². The predicted molar refractivity (Wildman–Crippen MR) is 138 cm³/mol. The van der Waals surface area contributed by atoms with Crippen molar-refractivity contribution in [2.45, 2.75) is 26.6 Å². The van der Waals surface area contributed by atoms with E-state index in [1.807, 2.05) is 32.0 Å². The fourth-order valence-corrected chi connectivity index (χ4v) is 4.59. The van der Waals surface area contributed by atoms with Gasteiger partial charge in [0.2, 0.25) is 10.0 Å². The van der Waals surface area contributed by atoms with E-state index in [0.29, 0.717) is 22.9 Å². The van der Waals surface area contributed by atoms with Crippen LogP contribution in [-0.2, 0) is 22.7 Å². The van der Waals surface area contributed by atoms with Gasteiger partial charge in [-0.15, -0.1) is 0 Å². The molecule has 6 nitrogen and oxygen atoms in total. The maximum Gasteiger partial charge on any atom is 0.416 e. The van der Waals surface area contributed by atoms with E-state index < -0.39 is 21.8 Å². The van der Waals surface area contributed by atoms with Gasteiger partial charge in [0.25, 0.3) is 5.91 Å². The summed E-state index contributed by atoms with van der Waals surface area (Å²) in [7, 11) is -3.98. The van der Waals surface area contributed by atoms with Crippen LogP contribution in [0.4, 0.5) is 18.9 Å². The average Bonchev–Trinajstić information content (AvgIpc) is 2.82. The first-order chi connectivity index (χ1) is 17.3. The molecule has 0 aliphatic heterocycles. The fraction of sp³-hybridized carbons (Fsp3) is 0.269. The van der Waals surface area contributed by atoms with E-state index in [1.165, 1.54) is 24.3 Å². The van der Waals surface area contributed by atoms with Crippen LogP contribution in [0.25, 0.3) is 0 Å². The predicted octanol–water partition coefficient (Wildman–Crippen LogP) is 5.75. The normalized spacial score (nSPS) is 11.8. The summed E-state index contributed by atoms with van der Waals surface area (Å²) in [4.78, 5) is 12.4. The molecule has 0 unspecified atom stereocenters. The van der Waals surface area contributed by atoms with Gasteiger partial charge in [-0.3, -0.25) is 9.10 Å². The molecule has 0 saturated heterocycles. The molecule has 0 saturated carbocycles. The number of sulfonamides is 1. The molecule has 198 valence electrons. The molecule has 0 aliphatic carbocycles. The molecule has 1 N–H and O–H groups in total. The summed E-state index contributed by atoms with van der Waals surface area (Å²) in [6, 6.07) is 14.3. The summed E-state index contributed by atoms with van der Waals surface area (Å²) >= 11 is 6.06. The summed E-state index contributed by atoms with van der Waals surface area (Å²) in [5, 5.41) is 2.60. The number of anilines is 1. The van der Waals surface area contributed by atoms with Gasteiger partial charge in [0, 0.05) is 5.56 Å². The lowest BCUT2D eigenvalue weighted by Crippen LogP contribution is -2.30. The van der Waals surface area contributed by atoms with Gasteiger partial charge in [-0.1, -0.05) is 29.8 Å². The summed E-state index contributed by atoms with van der Waals surface area (Å²) in [6.45, 7) is 4.25. The van der Waals surface area contributed by atoms with Crippen LogP contribution in [0.2, 0.25) is 5.02 Å². The van der Waals surface area contributed by atoms with E-state index in [1.54, 1.807) is 0 Å². The van der Waals surface area contributed by atoms with Crippen molar-refractivity contribution in [3.63, 3.8) is 0 Å². The second-order valence-corrected chi connectivity index (χ2v) is 10.8. The van der Waals surface area contributed by atoms with Crippen LogP contribution < -0.4 is 14.4 Å². The SMILES string of the molecule is Cc1ccc(OCCNC(=O)c2ccc(CN(c3cc(C(F)(F)F)ccc3Cl)S(C)(=O)=O)cc2)cc1C. The van der Waals surface area contributed by atoms with Crippen molar-refractivity contribution in [3.8, 4) is 5.75 Å². The molecule has 11 heteroatoms. The van der Waals surface area contributed by atoms with Crippen molar-refractivity contribution < 1.29 is 31.1 Å². The second kappa shape index (κ2) is 11.4. The first kappa shape index (κ1) is 28.3. The smallest absolute Gasteiger partial charge is 0.416 e. The minimum absolute atomic E-state index is 0.141. The van der Waals surface area contributed by atoms with Crippen molar-refractivity contribution in [1.29, 1.82) is 0 Å². The lowest BCUT2D eigenvalue weighted by atomic mass is 10.1. The zero-order valence-corrected chi connectivity index (χ0v) is 22.0. The number of carbonyl (C=O) groups excluding carboxylic acids is 1. The van der Waals surface area contributed by atoms with Crippen LogP contribution in [0.1, 0.15) is 32.6 Å². The zero-order chi connectivity index (χ0) is 27.4. The van der Waals surface area contributed by atoms with Gasteiger partial charge in [-0.25, -0.2) is 8.42 Å². The second-order valence-electron chi connectivity index (χ2n) is 8.48. The Morgan fingerprint density at radius 2 is 1.68 bits per heavy atom. The highest BCUT2D eigenvalue weighted by atomic mass is 35.5.